The van der Waals surface area contributed by atoms with Gasteiger partial charge in [0.15, 0.2) is 0 Å². The van der Waals surface area contributed by atoms with E-state index in [1.807, 2.05) is 0 Å². The van der Waals surface area contributed by atoms with Crippen LogP contribution in [0.5, 0.6) is 0 Å². The molecule has 0 aromatic rings. The second kappa shape index (κ2) is 9.89. The van der Waals surface area contributed by atoms with Crippen molar-refractivity contribution >= 4 is 8.30 Å². The number of rotatable bonds is 2. The maximum Gasteiger partial charge on any atom is 0.0978 e. The van der Waals surface area contributed by atoms with Crippen LogP contribution in [0, 0.1) is 5.92 Å². The summed E-state index contributed by atoms with van der Waals surface area (Å²) in [4.78, 5) is 0. The average Bonchev–Trinajstić information content (AvgIpc) is 2.43. The number of hydrogen-bond acceptors (Lipinski definition) is 2. The highest BCUT2D eigenvalue weighted by Crippen LogP contribution is 2.31. The molecule has 1 fully saturated rings. The van der Waals surface area contributed by atoms with Gasteiger partial charge in [-0.3, -0.25) is 5.09 Å². The fourth-order valence-corrected chi connectivity index (χ4v) is 2.06. The van der Waals surface area contributed by atoms with Crippen LogP contribution in [0.25, 0.3) is 0 Å². The number of unbranched alkanes of at least 4 members (excludes halogenated alkanes) is 1. The van der Waals surface area contributed by atoms with E-state index in [1.165, 1.54) is 25.7 Å². The van der Waals surface area contributed by atoms with Crippen LogP contribution in [0.3, 0.4) is 0 Å². The lowest BCUT2D eigenvalue weighted by Gasteiger charge is -2.10. The lowest BCUT2D eigenvalue weighted by atomic mass is 10.0. The van der Waals surface area contributed by atoms with Gasteiger partial charge in [-0.2, -0.15) is 0 Å². The van der Waals surface area contributed by atoms with E-state index in [0.717, 1.165) is 19.1 Å². The standard InChI is InChI=1S/C7H16NOP.C4H10/c1-3-7-4-5-8-10(2)9-6-7;1-3-4-2/h7-8H,3-6H2,1-2H3;3-4H2,1-2H3/t7-,10?;/m0./s1. The zero-order chi connectivity index (χ0) is 10.8. The molecule has 1 saturated heterocycles. The third kappa shape index (κ3) is 7.73. The van der Waals surface area contributed by atoms with E-state index in [0.29, 0.717) is 0 Å². The van der Waals surface area contributed by atoms with Gasteiger partial charge in [0.25, 0.3) is 0 Å². The van der Waals surface area contributed by atoms with Crippen LogP contribution in [-0.4, -0.2) is 19.8 Å². The molecule has 3 heteroatoms. The van der Waals surface area contributed by atoms with Crippen molar-refractivity contribution in [3.05, 3.63) is 0 Å². The molecule has 2 nitrogen and oxygen atoms in total. The molecule has 0 amide bonds. The first-order valence-electron chi connectivity index (χ1n) is 5.84. The molecule has 1 heterocycles. The van der Waals surface area contributed by atoms with E-state index in [1.54, 1.807) is 0 Å². The van der Waals surface area contributed by atoms with Crippen LogP contribution in [0.4, 0.5) is 0 Å². The van der Waals surface area contributed by atoms with Gasteiger partial charge in [0.2, 0.25) is 0 Å². The second-order valence-electron chi connectivity index (χ2n) is 3.76. The number of hydrogen-bond donors (Lipinski definition) is 1. The normalized spacial score (nSPS) is 27.4. The zero-order valence-electron chi connectivity index (χ0n) is 10.2. The first-order chi connectivity index (χ1) is 6.74. The fourth-order valence-electron chi connectivity index (χ4n) is 1.09. The Balaban J connectivity index is 0.000000364. The zero-order valence-corrected chi connectivity index (χ0v) is 11.1. The molecule has 0 bridgehead atoms. The maximum atomic E-state index is 5.56. The van der Waals surface area contributed by atoms with Crippen molar-refractivity contribution in [2.24, 2.45) is 5.92 Å². The van der Waals surface area contributed by atoms with Crippen molar-refractivity contribution in [2.75, 3.05) is 19.8 Å². The van der Waals surface area contributed by atoms with E-state index in [9.17, 15) is 0 Å². The van der Waals surface area contributed by atoms with Crippen LogP contribution < -0.4 is 5.09 Å². The van der Waals surface area contributed by atoms with Crippen LogP contribution in [0.15, 0.2) is 0 Å². The Hall–Kier alpha value is 0.350. The Morgan fingerprint density at radius 3 is 2.43 bits per heavy atom. The van der Waals surface area contributed by atoms with Crippen molar-refractivity contribution in [1.82, 2.24) is 5.09 Å². The summed E-state index contributed by atoms with van der Waals surface area (Å²) in [6, 6.07) is 0. The quantitative estimate of drug-likeness (QED) is 0.714. The van der Waals surface area contributed by atoms with Gasteiger partial charge < -0.3 is 4.52 Å². The molecule has 0 aliphatic carbocycles. The van der Waals surface area contributed by atoms with E-state index in [-0.39, 0.29) is 8.30 Å². The highest BCUT2D eigenvalue weighted by molar-refractivity contribution is 7.49. The molecule has 86 valence electrons. The summed E-state index contributed by atoms with van der Waals surface area (Å²) < 4.78 is 5.56. The second-order valence-corrected chi connectivity index (χ2v) is 5.33. The molecule has 0 aromatic heterocycles. The smallest absolute Gasteiger partial charge is 0.0978 e. The molecule has 0 radical (unpaired) electrons. The topological polar surface area (TPSA) is 21.3 Å². The monoisotopic (exact) mass is 219 g/mol. The fraction of sp³-hybridized carbons (Fsp3) is 1.00. The minimum atomic E-state index is -0.301. The third-order valence-electron chi connectivity index (χ3n) is 2.47. The van der Waals surface area contributed by atoms with E-state index in [2.05, 4.69) is 32.5 Å². The molecule has 1 unspecified atom stereocenters. The lowest BCUT2D eigenvalue weighted by Crippen LogP contribution is -2.08. The van der Waals surface area contributed by atoms with Gasteiger partial charge >= 0.3 is 0 Å². The molecule has 2 atom stereocenters. The predicted octanol–water partition coefficient (Wildman–Crippen LogP) is 3.77. The van der Waals surface area contributed by atoms with E-state index in [4.69, 9.17) is 4.52 Å². The van der Waals surface area contributed by atoms with Crippen molar-refractivity contribution < 1.29 is 4.52 Å². The van der Waals surface area contributed by atoms with Crippen LogP contribution in [0.1, 0.15) is 46.5 Å². The summed E-state index contributed by atoms with van der Waals surface area (Å²) in [5.41, 5.74) is 0. The molecule has 0 saturated carbocycles. The van der Waals surface area contributed by atoms with Gasteiger partial charge in [0.05, 0.1) is 14.9 Å². The van der Waals surface area contributed by atoms with Gasteiger partial charge in [0, 0.05) is 6.54 Å². The summed E-state index contributed by atoms with van der Waals surface area (Å²) in [7, 11) is -0.301. The summed E-state index contributed by atoms with van der Waals surface area (Å²) >= 11 is 0. The summed E-state index contributed by atoms with van der Waals surface area (Å²) in [5.74, 6) is 0.792. The Kier molecular flexibility index (Phi) is 10.1. The highest BCUT2D eigenvalue weighted by atomic mass is 31.2. The first kappa shape index (κ1) is 14.3. The average molecular weight is 219 g/mol. The van der Waals surface area contributed by atoms with Crippen molar-refractivity contribution in [2.45, 2.75) is 46.5 Å². The van der Waals surface area contributed by atoms with Gasteiger partial charge in [-0.15, -0.1) is 0 Å². The largest absolute Gasteiger partial charge is 0.344 e. The molecular weight excluding hydrogens is 193 g/mol. The Morgan fingerprint density at radius 2 is 1.93 bits per heavy atom. The van der Waals surface area contributed by atoms with Crippen LogP contribution in [-0.2, 0) is 4.52 Å². The molecule has 1 rings (SSSR count). The summed E-state index contributed by atoms with van der Waals surface area (Å²) in [6.45, 7) is 10.8. The first-order valence-corrected chi connectivity index (χ1v) is 7.55. The minimum Gasteiger partial charge on any atom is -0.344 e. The third-order valence-corrected chi connectivity index (χ3v) is 3.67. The van der Waals surface area contributed by atoms with Crippen molar-refractivity contribution in [3.8, 4) is 0 Å². The van der Waals surface area contributed by atoms with Crippen molar-refractivity contribution in [3.63, 3.8) is 0 Å². The summed E-state index contributed by atoms with van der Waals surface area (Å²) in [6.07, 6.45) is 5.17. The Morgan fingerprint density at radius 1 is 1.29 bits per heavy atom. The van der Waals surface area contributed by atoms with Gasteiger partial charge in [-0.05, 0) is 19.0 Å². The SMILES string of the molecule is CCCC.CC[C@H]1CCNP(C)OC1. The van der Waals surface area contributed by atoms with Crippen molar-refractivity contribution in [1.29, 1.82) is 0 Å². The molecule has 0 spiro atoms. The van der Waals surface area contributed by atoms with Crippen LogP contribution >= 0.6 is 8.30 Å². The summed E-state index contributed by atoms with van der Waals surface area (Å²) in [5, 5.41) is 3.35. The van der Waals surface area contributed by atoms with Crippen LogP contribution in [0.2, 0.25) is 0 Å². The maximum absolute atomic E-state index is 5.56. The molecule has 14 heavy (non-hydrogen) atoms. The predicted molar refractivity (Wildman–Crippen MR) is 65.8 cm³/mol. The van der Waals surface area contributed by atoms with E-state index >= 15 is 0 Å². The van der Waals surface area contributed by atoms with Gasteiger partial charge in [-0.25, -0.2) is 0 Å². The molecular formula is C11H26NOP. The Labute approximate surface area is 90.7 Å². The molecule has 1 aliphatic rings. The lowest BCUT2D eigenvalue weighted by molar-refractivity contribution is 0.272. The molecule has 1 aliphatic heterocycles. The molecule has 1 N–H and O–H groups in total. The van der Waals surface area contributed by atoms with Gasteiger partial charge in [-0.1, -0.05) is 40.0 Å². The van der Waals surface area contributed by atoms with Gasteiger partial charge in [0.1, 0.15) is 0 Å². The minimum absolute atomic E-state index is 0.301. The number of nitrogens with one attached hydrogen (secondary N) is 1. The highest BCUT2D eigenvalue weighted by Gasteiger charge is 2.13. The Bertz CT molecular complexity index is 120. The van der Waals surface area contributed by atoms with E-state index < -0.39 is 0 Å². The molecule has 0 aromatic carbocycles.